The maximum absolute atomic E-state index is 14.9. The fourth-order valence-corrected chi connectivity index (χ4v) is 9.77. The Kier molecular flexibility index (Phi) is 9.09. The number of carbonyl (C=O) groups excluding carboxylic acids is 2. The van der Waals surface area contributed by atoms with Gasteiger partial charge >= 0.3 is 0 Å². The molecular formula is C37H41N7O4S. The number of nitrogens with zero attached hydrogens (tertiary/aromatic N) is 6. The first-order valence-corrected chi connectivity index (χ1v) is 18.5. The minimum absolute atomic E-state index is 0.0378. The molecule has 49 heavy (non-hydrogen) atoms. The van der Waals surface area contributed by atoms with E-state index in [0.717, 1.165) is 36.8 Å². The van der Waals surface area contributed by atoms with Crippen LogP contribution in [0, 0.1) is 29.1 Å². The minimum Gasteiger partial charge on any atom is -0.357 e. The molecule has 3 atom stereocenters. The van der Waals surface area contributed by atoms with Crippen molar-refractivity contribution in [1.29, 1.82) is 5.26 Å². The molecule has 254 valence electrons. The van der Waals surface area contributed by atoms with Crippen LogP contribution in [0.25, 0.3) is 0 Å². The summed E-state index contributed by atoms with van der Waals surface area (Å²) in [5.41, 5.74) is 1.58. The maximum atomic E-state index is 14.9. The third-order valence-corrected chi connectivity index (χ3v) is 12.6. The number of hydrogen-bond acceptors (Lipinski definition) is 8. The molecule has 5 heterocycles. The van der Waals surface area contributed by atoms with E-state index in [-0.39, 0.29) is 29.6 Å². The zero-order chi connectivity index (χ0) is 34.2. The number of nitriles is 1. The number of benzene rings is 1. The van der Waals surface area contributed by atoms with E-state index in [1.807, 2.05) is 24.3 Å². The van der Waals surface area contributed by atoms with E-state index in [1.54, 1.807) is 62.6 Å². The Balaban J connectivity index is 1.18. The van der Waals surface area contributed by atoms with Gasteiger partial charge in [-0.25, -0.2) is 0 Å². The van der Waals surface area contributed by atoms with E-state index in [9.17, 15) is 23.3 Å². The number of fused-ring (bicyclic) bond motifs is 1. The van der Waals surface area contributed by atoms with Gasteiger partial charge in [0.15, 0.2) is 5.78 Å². The molecule has 1 saturated carbocycles. The lowest BCUT2D eigenvalue weighted by Crippen LogP contribution is -2.51. The van der Waals surface area contributed by atoms with Crippen LogP contribution in [0.3, 0.4) is 0 Å². The molecule has 1 amide bonds. The summed E-state index contributed by atoms with van der Waals surface area (Å²) >= 11 is 0. The molecular weight excluding hydrogens is 639 g/mol. The van der Waals surface area contributed by atoms with Gasteiger partial charge in [0.1, 0.15) is 11.4 Å². The molecule has 7 rings (SSSR count). The van der Waals surface area contributed by atoms with Gasteiger partial charge in [0.2, 0.25) is 0 Å². The Labute approximate surface area is 287 Å². The number of rotatable bonds is 11. The number of amides is 1. The Morgan fingerprint density at radius 3 is 2.04 bits per heavy atom. The first kappa shape index (κ1) is 33.1. The standard InChI is InChI=1S/C37H41N7O4S/c1-2-3-26-12-18-42(19-13-26)49(47,48)43-24-31-32(25-43)35(31)44-34(20-33(45)30-6-4-29(23-38)5-7-30)41-37(36(44)46,21-27-8-14-39-15-9-27)22-28-10-16-40-17-11-28/h4-11,14-17,20,26,31-32,35,41H,2-3,12-13,18-19,21-22,24-25H2,1H3/b34-20+/t31-,32+,35?. The molecule has 12 heteroatoms. The summed E-state index contributed by atoms with van der Waals surface area (Å²) in [6.45, 7) is 3.95. The van der Waals surface area contributed by atoms with Crippen molar-refractivity contribution < 1.29 is 18.0 Å². The van der Waals surface area contributed by atoms with Crippen molar-refractivity contribution in [2.75, 3.05) is 26.2 Å². The Morgan fingerprint density at radius 2 is 1.51 bits per heavy atom. The predicted molar refractivity (Wildman–Crippen MR) is 183 cm³/mol. The summed E-state index contributed by atoms with van der Waals surface area (Å²) in [6, 6.07) is 15.8. The highest BCUT2D eigenvalue weighted by molar-refractivity contribution is 7.86. The topological polar surface area (TPSA) is 140 Å². The van der Waals surface area contributed by atoms with Gasteiger partial charge in [-0.2, -0.15) is 22.3 Å². The lowest BCUT2D eigenvalue weighted by molar-refractivity contribution is -0.132. The van der Waals surface area contributed by atoms with Crippen LogP contribution in [0.5, 0.6) is 0 Å². The maximum Gasteiger partial charge on any atom is 0.281 e. The molecule has 2 aromatic heterocycles. The van der Waals surface area contributed by atoms with Crippen LogP contribution in [0.4, 0.5) is 0 Å². The lowest BCUT2D eigenvalue weighted by atomic mass is 9.85. The molecule has 1 N–H and O–H groups in total. The van der Waals surface area contributed by atoms with Crippen molar-refractivity contribution >= 4 is 21.9 Å². The van der Waals surface area contributed by atoms with Crippen molar-refractivity contribution in [3.8, 4) is 6.07 Å². The number of pyridine rings is 2. The second-order valence-corrected chi connectivity index (χ2v) is 15.7. The van der Waals surface area contributed by atoms with Crippen molar-refractivity contribution in [3.63, 3.8) is 0 Å². The zero-order valence-electron chi connectivity index (χ0n) is 27.6. The molecule has 3 aromatic rings. The summed E-state index contributed by atoms with van der Waals surface area (Å²) in [5, 5.41) is 12.8. The van der Waals surface area contributed by atoms with Crippen LogP contribution in [0.1, 0.15) is 59.7 Å². The van der Waals surface area contributed by atoms with E-state index in [4.69, 9.17) is 0 Å². The molecule has 3 saturated heterocycles. The second-order valence-electron chi connectivity index (χ2n) is 13.8. The number of piperidine rings is 2. The lowest BCUT2D eigenvalue weighted by Gasteiger charge is -2.34. The molecule has 3 aliphatic heterocycles. The van der Waals surface area contributed by atoms with Crippen LogP contribution in [-0.2, 0) is 27.8 Å². The van der Waals surface area contributed by atoms with Crippen LogP contribution in [0.15, 0.2) is 85.2 Å². The predicted octanol–water partition coefficient (Wildman–Crippen LogP) is 3.72. The first-order valence-electron chi connectivity index (χ1n) is 17.1. The fraction of sp³-hybridized carbons (Fsp3) is 0.432. The molecule has 0 bridgehead atoms. The van der Waals surface area contributed by atoms with E-state index < -0.39 is 15.7 Å². The summed E-state index contributed by atoms with van der Waals surface area (Å²) in [5.74, 6) is 0.475. The molecule has 4 fully saturated rings. The van der Waals surface area contributed by atoms with Crippen LogP contribution in [-0.4, -0.2) is 81.3 Å². The van der Waals surface area contributed by atoms with Crippen LogP contribution in [0.2, 0.25) is 0 Å². The third kappa shape index (κ3) is 6.50. The number of ketones is 1. The average molecular weight is 680 g/mol. The monoisotopic (exact) mass is 679 g/mol. The van der Waals surface area contributed by atoms with Gasteiger partial charge < -0.3 is 5.32 Å². The van der Waals surface area contributed by atoms with Gasteiger partial charge in [-0.3, -0.25) is 24.5 Å². The number of carbonyl (C=O) groups is 2. The Morgan fingerprint density at radius 1 is 0.939 bits per heavy atom. The number of nitrogens with one attached hydrogen (secondary N) is 1. The Bertz CT molecular complexity index is 1820. The van der Waals surface area contributed by atoms with Gasteiger partial charge in [-0.1, -0.05) is 19.8 Å². The molecule has 1 aliphatic carbocycles. The highest BCUT2D eigenvalue weighted by Crippen LogP contribution is 2.53. The number of aromatic nitrogens is 2. The SMILES string of the molecule is CCCC1CCN(S(=O)(=O)N2C[C@@H]3C(N4C(=O)C(Cc5ccncc5)(Cc5ccncc5)N/C4=C\C(=O)c4ccc(C#N)cc4)[C@@H]3C2)CC1. The molecule has 11 nitrogen and oxygen atoms in total. The molecule has 4 aliphatic rings. The van der Waals surface area contributed by atoms with Crippen LogP contribution >= 0.6 is 0 Å². The van der Waals surface area contributed by atoms with Gasteiger partial charge in [0, 0.05) is 93.3 Å². The summed E-state index contributed by atoms with van der Waals surface area (Å²) in [7, 11) is -3.60. The third-order valence-electron chi connectivity index (χ3n) is 10.7. The zero-order valence-corrected chi connectivity index (χ0v) is 28.4. The summed E-state index contributed by atoms with van der Waals surface area (Å²) in [4.78, 5) is 38.6. The van der Waals surface area contributed by atoms with Gasteiger partial charge in [-0.15, -0.1) is 0 Å². The largest absolute Gasteiger partial charge is 0.357 e. The van der Waals surface area contributed by atoms with E-state index in [1.165, 1.54) is 6.08 Å². The molecule has 0 radical (unpaired) electrons. The van der Waals surface area contributed by atoms with Crippen molar-refractivity contribution in [1.82, 2.24) is 28.8 Å². The molecule has 1 aromatic carbocycles. The fourth-order valence-electron chi connectivity index (χ4n) is 8.05. The highest BCUT2D eigenvalue weighted by Gasteiger charge is 2.66. The van der Waals surface area contributed by atoms with Crippen molar-refractivity contribution in [2.45, 2.75) is 57.0 Å². The van der Waals surface area contributed by atoms with Gasteiger partial charge in [0.05, 0.1) is 11.6 Å². The Hall–Kier alpha value is -4.44. The quantitative estimate of drug-likeness (QED) is 0.239. The van der Waals surface area contributed by atoms with E-state index in [0.29, 0.717) is 61.9 Å². The number of allylic oxidation sites excluding steroid dienone is 1. The normalized spacial score (nSPS) is 24.8. The average Bonchev–Trinajstić information content (AvgIpc) is 3.44. The van der Waals surface area contributed by atoms with Crippen molar-refractivity contribution in [2.24, 2.45) is 17.8 Å². The van der Waals surface area contributed by atoms with E-state index in [2.05, 4.69) is 28.3 Å². The van der Waals surface area contributed by atoms with Crippen molar-refractivity contribution in [3.05, 3.63) is 107 Å². The number of hydrogen-bond donors (Lipinski definition) is 1. The van der Waals surface area contributed by atoms with Gasteiger partial charge in [-0.05, 0) is 78.4 Å². The highest BCUT2D eigenvalue weighted by atomic mass is 32.2. The van der Waals surface area contributed by atoms with Crippen LogP contribution < -0.4 is 5.32 Å². The summed E-state index contributed by atoms with van der Waals surface area (Å²) in [6.07, 6.45) is 13.0. The second kappa shape index (κ2) is 13.5. The minimum atomic E-state index is -3.60. The first-order chi connectivity index (χ1) is 23.7. The van der Waals surface area contributed by atoms with Gasteiger partial charge in [0.25, 0.3) is 16.1 Å². The smallest absolute Gasteiger partial charge is 0.281 e. The molecule has 0 spiro atoms. The molecule has 1 unspecified atom stereocenters. The van der Waals surface area contributed by atoms with E-state index >= 15 is 0 Å². The summed E-state index contributed by atoms with van der Waals surface area (Å²) < 4.78 is 30.6.